The van der Waals surface area contributed by atoms with Gasteiger partial charge in [-0.05, 0) is 93.9 Å². The van der Waals surface area contributed by atoms with Crippen molar-refractivity contribution in [1.29, 1.82) is 0 Å². The largest absolute Gasteiger partial charge is 0.370 e. The number of aliphatic imine (C=N–C) groups is 2. The van der Waals surface area contributed by atoms with Gasteiger partial charge in [0.1, 0.15) is 48.8 Å². The summed E-state index contributed by atoms with van der Waals surface area (Å²) in [7, 11) is 0. The molecule has 0 saturated carbocycles. The minimum absolute atomic E-state index is 0.0203. The third-order valence-corrected chi connectivity index (χ3v) is 10.6. The van der Waals surface area contributed by atoms with Gasteiger partial charge in [-0.3, -0.25) is 43.3 Å². The highest BCUT2D eigenvalue weighted by atomic mass is 16.2. The lowest BCUT2D eigenvalue weighted by Gasteiger charge is -2.29. The van der Waals surface area contributed by atoms with Gasteiger partial charge in [0.2, 0.25) is 47.3 Å². The lowest BCUT2D eigenvalue weighted by molar-refractivity contribution is -0.136. The maximum absolute atomic E-state index is 14.3. The molecule has 7 atom stereocenters. The fourth-order valence-electron chi connectivity index (χ4n) is 7.23. The molecule has 0 unspecified atom stereocenters. The van der Waals surface area contributed by atoms with E-state index >= 15 is 0 Å². The number of nitrogens with zero attached hydrogens (tertiary/aromatic N) is 2. The summed E-state index contributed by atoms with van der Waals surface area (Å²) >= 11 is 0. The second kappa shape index (κ2) is 35.0. The molecular weight excluding hydrogens is 915 g/mol. The second-order valence-corrected chi connectivity index (χ2v) is 19.9. The Kier molecular flexibility index (Phi) is 32.0. The van der Waals surface area contributed by atoms with Gasteiger partial charge in [0.15, 0.2) is 11.9 Å². The molecule has 0 fully saturated rings. The highest BCUT2D eigenvalue weighted by Crippen LogP contribution is 2.14. The van der Waals surface area contributed by atoms with Crippen LogP contribution < -0.4 is 71.2 Å². The molecule has 0 aliphatic rings. The fraction of sp³-hybridized carbons (Fsp3) is 0.750. The van der Waals surface area contributed by atoms with Gasteiger partial charge in [-0.25, -0.2) is 4.99 Å². The molecule has 18 N–H and O–H groups in total. The first-order valence-corrected chi connectivity index (χ1v) is 24.8. The van der Waals surface area contributed by atoms with Crippen LogP contribution in [0.5, 0.6) is 0 Å². The summed E-state index contributed by atoms with van der Waals surface area (Å²) in [5.41, 5.74) is 27.4. The van der Waals surface area contributed by atoms with E-state index in [1.54, 1.807) is 13.8 Å². The Morgan fingerprint density at radius 2 is 0.831 bits per heavy atom. The zero-order valence-corrected chi connectivity index (χ0v) is 44.2. The van der Waals surface area contributed by atoms with Crippen molar-refractivity contribution in [2.75, 3.05) is 26.2 Å². The van der Waals surface area contributed by atoms with Gasteiger partial charge in [0.05, 0.1) is 6.54 Å². The molecule has 8 amide bonds. The predicted octanol–water partition coefficient (Wildman–Crippen LogP) is -1.18. The zero-order valence-electron chi connectivity index (χ0n) is 44.2. The topological polar surface area (TPSA) is 388 Å². The molecule has 404 valence electrons. The van der Waals surface area contributed by atoms with E-state index in [0.717, 1.165) is 0 Å². The Balaban J connectivity index is 6.66. The van der Waals surface area contributed by atoms with Crippen molar-refractivity contribution in [2.24, 2.45) is 68.2 Å². The Bertz CT molecular complexity index is 1840. The zero-order chi connectivity index (χ0) is 54.4. The van der Waals surface area contributed by atoms with Crippen LogP contribution in [0.2, 0.25) is 0 Å². The van der Waals surface area contributed by atoms with Gasteiger partial charge in [0, 0.05) is 13.5 Å². The third-order valence-electron chi connectivity index (χ3n) is 10.6. The number of hydrogen-bond acceptors (Lipinski definition) is 11. The van der Waals surface area contributed by atoms with E-state index in [0.29, 0.717) is 25.8 Å². The van der Waals surface area contributed by atoms with Gasteiger partial charge in [-0.15, -0.1) is 0 Å². The highest BCUT2D eigenvalue weighted by Gasteiger charge is 2.35. The number of amides is 8. The molecule has 0 rings (SSSR count). The molecule has 0 aliphatic heterocycles. The number of carbonyl (C=O) groups excluding carboxylic acids is 8. The monoisotopic (exact) mass is 1000 g/mol. The van der Waals surface area contributed by atoms with E-state index < -0.39 is 95.5 Å². The molecule has 0 aromatic carbocycles. The number of rotatable bonds is 33. The van der Waals surface area contributed by atoms with Crippen LogP contribution in [-0.2, 0) is 38.4 Å². The van der Waals surface area contributed by atoms with Crippen LogP contribution in [0.15, 0.2) is 9.98 Å². The van der Waals surface area contributed by atoms with Crippen LogP contribution >= 0.6 is 0 Å². The molecule has 0 bridgehead atoms. The number of carbonyl (C=O) groups is 8. The van der Waals surface area contributed by atoms with Crippen LogP contribution in [0.25, 0.3) is 0 Å². The fourth-order valence-corrected chi connectivity index (χ4v) is 7.23. The summed E-state index contributed by atoms with van der Waals surface area (Å²) in [4.78, 5) is 117. The average Bonchev–Trinajstić information content (AvgIpc) is 3.24. The van der Waals surface area contributed by atoms with Crippen LogP contribution in [0, 0.1) is 41.4 Å². The molecule has 23 heteroatoms. The molecule has 0 heterocycles. The summed E-state index contributed by atoms with van der Waals surface area (Å²) in [5.74, 6) is -0.331. The molecular formula is C48H89N15O8. The third kappa shape index (κ3) is 29.6. The standard InChI is InChI=1S/C48H89N15O8/c1-27(2)23-35(57-32(11)64)42(67)60-37(25-29(5)6)44(69)62-38(26-30(7)8)45(70)61-36(24-28(3)4)43(68)58-34(18-16-22-56-48(52)53)41(66)63-39(31(9)10)46(71)59-33(17-12-13-19-49)40(65)54-20-14-15-21-55-47(50)51/h27-31,33-39H,12-13,16-26,49H2,1-11H3,(H,54,65)(H,57,64)(H,58,68)(H,59,71)(H,60,67)(H,61,70)(H,62,69)(H,63,66)(H4,50,51,55)(H4,52,53,56)/t33-,34-,35+,36-,37-,38-,39-/m0/s1. The van der Waals surface area contributed by atoms with Crippen molar-refractivity contribution in [3.8, 4) is 11.8 Å². The number of nitrogens with two attached hydrogens (primary N) is 5. The predicted molar refractivity (Wildman–Crippen MR) is 276 cm³/mol. The molecule has 0 aliphatic carbocycles. The maximum atomic E-state index is 14.3. The minimum atomic E-state index is -1.25. The SMILES string of the molecule is CC(=O)N[C@H](CC(C)C)C(=O)N[C@@H](CC(C)C)C(=O)N[C@@H](CC(C)C)C(=O)N[C@@H](CC(C)C)C(=O)N[C@@H](CCCN=C(N)N)C(=O)N[C@H](C(=O)N[C@@H](CCCCN)C(=O)NCC#CCN=C(N)N)C(C)C. The van der Waals surface area contributed by atoms with Gasteiger partial charge in [-0.1, -0.05) is 81.1 Å². The Morgan fingerprint density at radius 1 is 0.451 bits per heavy atom. The van der Waals surface area contributed by atoms with Crippen molar-refractivity contribution in [2.45, 2.75) is 176 Å². The number of hydrogen-bond donors (Lipinski definition) is 13. The molecule has 0 spiro atoms. The van der Waals surface area contributed by atoms with Crippen molar-refractivity contribution in [1.82, 2.24) is 42.5 Å². The quantitative estimate of drug-likeness (QED) is 0.0160. The smallest absolute Gasteiger partial charge is 0.243 e. The highest BCUT2D eigenvalue weighted by molar-refractivity contribution is 5.97. The van der Waals surface area contributed by atoms with Gasteiger partial charge in [0.25, 0.3) is 0 Å². The second-order valence-electron chi connectivity index (χ2n) is 19.9. The molecule has 23 nitrogen and oxygen atoms in total. The average molecular weight is 1000 g/mol. The summed E-state index contributed by atoms with van der Waals surface area (Å²) < 4.78 is 0. The van der Waals surface area contributed by atoms with Crippen LogP contribution in [0.4, 0.5) is 0 Å². The van der Waals surface area contributed by atoms with Crippen LogP contribution in [-0.4, -0.2) is 128 Å². The Hall–Kier alpha value is -6.18. The van der Waals surface area contributed by atoms with Crippen molar-refractivity contribution in [3.05, 3.63) is 0 Å². The summed E-state index contributed by atoms with van der Waals surface area (Å²) in [6.45, 7) is 20.2. The first kappa shape index (κ1) is 64.8. The van der Waals surface area contributed by atoms with E-state index in [1.165, 1.54) is 6.92 Å². The maximum Gasteiger partial charge on any atom is 0.243 e. The van der Waals surface area contributed by atoms with E-state index in [1.807, 2.05) is 55.4 Å². The van der Waals surface area contributed by atoms with Crippen LogP contribution in [0.1, 0.15) is 134 Å². The molecule has 71 heavy (non-hydrogen) atoms. The van der Waals surface area contributed by atoms with Gasteiger partial charge < -0.3 is 71.2 Å². The minimum Gasteiger partial charge on any atom is -0.370 e. The number of unbranched alkanes of at least 4 members (excludes halogenated alkanes) is 1. The van der Waals surface area contributed by atoms with E-state index in [9.17, 15) is 38.4 Å². The first-order valence-electron chi connectivity index (χ1n) is 24.8. The number of guanidine groups is 2. The Morgan fingerprint density at radius 3 is 1.23 bits per heavy atom. The summed E-state index contributed by atoms with van der Waals surface area (Å²) in [6, 6.07) is -7.65. The molecule has 0 saturated heterocycles. The van der Waals surface area contributed by atoms with Crippen molar-refractivity contribution < 1.29 is 38.4 Å². The normalized spacial score (nSPS) is 14.0. The summed E-state index contributed by atoms with van der Waals surface area (Å²) in [5, 5.41) is 22.0. The van der Waals surface area contributed by atoms with Crippen LogP contribution in [0.3, 0.4) is 0 Å². The van der Waals surface area contributed by atoms with Crippen molar-refractivity contribution >= 4 is 59.2 Å². The first-order chi connectivity index (χ1) is 33.2. The van der Waals surface area contributed by atoms with Gasteiger partial charge in [-0.2, -0.15) is 0 Å². The van der Waals surface area contributed by atoms with E-state index in [-0.39, 0.29) is 93.7 Å². The lowest BCUT2D eigenvalue weighted by atomic mass is 9.97. The lowest BCUT2D eigenvalue weighted by Crippen LogP contribution is -2.61. The van der Waals surface area contributed by atoms with E-state index in [2.05, 4.69) is 64.4 Å². The molecule has 0 aromatic rings. The Labute approximate surface area is 421 Å². The van der Waals surface area contributed by atoms with Gasteiger partial charge >= 0.3 is 0 Å². The molecule has 0 radical (unpaired) electrons. The number of nitrogens with one attached hydrogen (secondary N) is 8. The summed E-state index contributed by atoms with van der Waals surface area (Å²) in [6.07, 6.45) is 2.49. The van der Waals surface area contributed by atoms with Crippen molar-refractivity contribution in [3.63, 3.8) is 0 Å². The van der Waals surface area contributed by atoms with E-state index in [4.69, 9.17) is 28.7 Å². The molecule has 0 aromatic heterocycles.